The van der Waals surface area contributed by atoms with Crippen LogP contribution in [0.15, 0.2) is 35.6 Å². The lowest BCUT2D eigenvalue weighted by molar-refractivity contribution is 0.0344. The zero-order chi connectivity index (χ0) is 28.0. The van der Waals surface area contributed by atoms with Crippen molar-refractivity contribution in [1.82, 2.24) is 24.7 Å². The average Bonchev–Trinajstić information content (AvgIpc) is 3.31. The van der Waals surface area contributed by atoms with E-state index >= 15 is 0 Å². The Balaban J connectivity index is 1.63. The lowest BCUT2D eigenvalue weighted by atomic mass is 9.95. The van der Waals surface area contributed by atoms with Gasteiger partial charge in [0.05, 0.1) is 37.4 Å². The monoisotopic (exact) mass is 559 g/mol. The smallest absolute Gasteiger partial charge is 0.318 e. The van der Waals surface area contributed by atoms with Gasteiger partial charge in [0.2, 0.25) is 15.0 Å². The van der Waals surface area contributed by atoms with Crippen molar-refractivity contribution < 1.29 is 17.9 Å². The van der Waals surface area contributed by atoms with Crippen molar-refractivity contribution in [1.29, 1.82) is 0 Å². The number of urea groups is 1. The Kier molecular flexibility index (Phi) is 9.72. The van der Waals surface area contributed by atoms with Crippen LogP contribution < -0.4 is 5.32 Å². The van der Waals surface area contributed by atoms with Crippen molar-refractivity contribution >= 4 is 15.9 Å². The van der Waals surface area contributed by atoms with Gasteiger partial charge in [-0.15, -0.1) is 0 Å². The van der Waals surface area contributed by atoms with E-state index in [-0.39, 0.29) is 28.5 Å². The van der Waals surface area contributed by atoms with E-state index in [2.05, 4.69) is 15.2 Å². The van der Waals surface area contributed by atoms with Gasteiger partial charge in [-0.1, -0.05) is 49.1 Å². The SMILES string of the molecule is Cc1cccc(CS(=O)(=O)c2ncc(CN(CCN3CCOCC3)C(=O)NC(C)(C)C)n2C2CCCCC2)c1. The number of carbonyl (C=O) groups is 1. The first-order valence-electron chi connectivity index (χ1n) is 14.2. The van der Waals surface area contributed by atoms with Gasteiger partial charge in [0.1, 0.15) is 0 Å². The first-order chi connectivity index (χ1) is 18.5. The predicted molar refractivity (Wildman–Crippen MR) is 152 cm³/mol. The molecule has 1 aromatic carbocycles. The summed E-state index contributed by atoms with van der Waals surface area (Å²) in [5.41, 5.74) is 2.17. The van der Waals surface area contributed by atoms with Gasteiger partial charge < -0.3 is 19.5 Å². The minimum atomic E-state index is -3.69. The van der Waals surface area contributed by atoms with Crippen LogP contribution in [0, 0.1) is 6.92 Å². The third-order valence-corrected chi connectivity index (χ3v) is 8.98. The fourth-order valence-corrected chi connectivity index (χ4v) is 7.00. The number of nitrogens with zero attached hydrogens (tertiary/aromatic N) is 4. The van der Waals surface area contributed by atoms with Crippen LogP contribution in [0.25, 0.3) is 0 Å². The van der Waals surface area contributed by atoms with E-state index in [1.54, 1.807) is 11.1 Å². The van der Waals surface area contributed by atoms with E-state index in [9.17, 15) is 13.2 Å². The van der Waals surface area contributed by atoms with E-state index in [1.807, 2.05) is 56.5 Å². The van der Waals surface area contributed by atoms with Crippen LogP contribution >= 0.6 is 0 Å². The van der Waals surface area contributed by atoms with Crippen molar-refractivity contribution in [2.75, 3.05) is 39.4 Å². The molecular formula is C29H45N5O4S. The first-order valence-corrected chi connectivity index (χ1v) is 15.9. The molecule has 1 aliphatic carbocycles. The fraction of sp³-hybridized carbons (Fsp3) is 0.655. The number of carbonyl (C=O) groups excluding carboxylic acids is 1. The van der Waals surface area contributed by atoms with Crippen LogP contribution in [0.2, 0.25) is 0 Å². The lowest BCUT2D eigenvalue weighted by Crippen LogP contribution is -2.50. The number of hydrogen-bond acceptors (Lipinski definition) is 6. The number of amides is 2. The molecule has 2 aromatic rings. The Morgan fingerprint density at radius 1 is 1.15 bits per heavy atom. The molecule has 1 aliphatic heterocycles. The quantitative estimate of drug-likeness (QED) is 0.492. The van der Waals surface area contributed by atoms with Crippen molar-refractivity contribution in [3.05, 3.63) is 47.3 Å². The van der Waals surface area contributed by atoms with Crippen molar-refractivity contribution in [3.8, 4) is 0 Å². The van der Waals surface area contributed by atoms with Crippen molar-refractivity contribution in [2.24, 2.45) is 0 Å². The van der Waals surface area contributed by atoms with Gasteiger partial charge in [0.15, 0.2) is 0 Å². The second-order valence-electron chi connectivity index (χ2n) is 12.0. The second kappa shape index (κ2) is 12.8. The van der Waals surface area contributed by atoms with Gasteiger partial charge in [-0.3, -0.25) is 4.90 Å². The number of ether oxygens (including phenoxy) is 1. The molecule has 9 nitrogen and oxygen atoms in total. The summed E-state index contributed by atoms with van der Waals surface area (Å²) in [5, 5.41) is 3.22. The molecule has 10 heteroatoms. The largest absolute Gasteiger partial charge is 0.379 e. The van der Waals surface area contributed by atoms with Gasteiger partial charge >= 0.3 is 6.03 Å². The summed E-state index contributed by atoms with van der Waals surface area (Å²) in [5.74, 6) is -0.0941. The summed E-state index contributed by atoms with van der Waals surface area (Å²) in [7, 11) is -3.69. The molecule has 4 rings (SSSR count). The number of rotatable bonds is 9. The summed E-state index contributed by atoms with van der Waals surface area (Å²) >= 11 is 0. The molecule has 0 radical (unpaired) electrons. The van der Waals surface area contributed by atoms with Crippen LogP contribution in [0.1, 0.15) is 75.7 Å². The molecule has 1 saturated carbocycles. The Hall–Kier alpha value is -2.43. The molecule has 216 valence electrons. The van der Waals surface area contributed by atoms with Gasteiger partial charge in [0, 0.05) is 37.8 Å². The van der Waals surface area contributed by atoms with Gasteiger partial charge in [-0.05, 0) is 46.1 Å². The molecule has 1 saturated heterocycles. The number of benzene rings is 1. The molecule has 2 heterocycles. The molecule has 39 heavy (non-hydrogen) atoms. The van der Waals surface area contributed by atoms with Gasteiger partial charge in [0.25, 0.3) is 0 Å². The van der Waals surface area contributed by atoms with E-state index < -0.39 is 9.84 Å². The standard InChI is InChI=1S/C29H45N5O4S/c1-23-9-8-10-24(19-23)22-39(36,37)28-30-20-26(34(28)25-11-6-5-7-12-25)21-33(27(35)31-29(2,3)4)14-13-32-15-17-38-18-16-32/h8-10,19-20,25H,5-7,11-18,21-22H2,1-4H3,(H,31,35). The van der Waals surface area contributed by atoms with Crippen LogP contribution in [0.4, 0.5) is 4.79 Å². The molecule has 0 atom stereocenters. The summed E-state index contributed by atoms with van der Waals surface area (Å²) in [6.45, 7) is 12.5. The van der Waals surface area contributed by atoms with Crippen LogP contribution in [0.3, 0.4) is 0 Å². The average molecular weight is 560 g/mol. The maximum absolute atomic E-state index is 13.7. The van der Waals surface area contributed by atoms with E-state index in [0.29, 0.717) is 26.3 Å². The molecule has 1 aromatic heterocycles. The zero-order valence-electron chi connectivity index (χ0n) is 24.0. The van der Waals surface area contributed by atoms with Gasteiger partial charge in [-0.25, -0.2) is 18.2 Å². The van der Waals surface area contributed by atoms with Crippen molar-refractivity contribution in [3.63, 3.8) is 0 Å². The van der Waals surface area contributed by atoms with Crippen LogP contribution in [-0.4, -0.2) is 78.7 Å². The topological polar surface area (TPSA) is 96.8 Å². The number of nitrogens with one attached hydrogen (secondary N) is 1. The highest BCUT2D eigenvalue weighted by molar-refractivity contribution is 7.90. The molecule has 2 fully saturated rings. The Morgan fingerprint density at radius 3 is 2.54 bits per heavy atom. The van der Waals surface area contributed by atoms with E-state index in [1.165, 1.54) is 0 Å². The highest BCUT2D eigenvalue weighted by Crippen LogP contribution is 2.33. The Labute approximate surface area is 233 Å². The van der Waals surface area contributed by atoms with Crippen molar-refractivity contribution in [2.45, 2.75) is 88.8 Å². The lowest BCUT2D eigenvalue weighted by Gasteiger charge is -2.33. The number of aryl methyl sites for hydroxylation is 1. The molecule has 0 unspecified atom stereocenters. The molecule has 0 bridgehead atoms. The van der Waals surface area contributed by atoms with Gasteiger partial charge in [-0.2, -0.15) is 0 Å². The number of aromatic nitrogens is 2. The number of morpholine rings is 1. The first kappa shape index (κ1) is 29.6. The number of imidazole rings is 1. The molecule has 2 amide bonds. The molecule has 0 spiro atoms. The summed E-state index contributed by atoms with van der Waals surface area (Å²) in [4.78, 5) is 22.0. The van der Waals surface area contributed by atoms with Crippen LogP contribution in [0.5, 0.6) is 0 Å². The van der Waals surface area contributed by atoms with E-state index in [0.717, 1.165) is 68.6 Å². The zero-order valence-corrected chi connectivity index (χ0v) is 24.8. The maximum Gasteiger partial charge on any atom is 0.318 e. The maximum atomic E-state index is 13.7. The fourth-order valence-electron chi connectivity index (χ4n) is 5.47. The highest BCUT2D eigenvalue weighted by atomic mass is 32.2. The third-order valence-electron chi connectivity index (χ3n) is 7.41. The third kappa shape index (κ3) is 8.28. The minimum absolute atomic E-state index is 0.0605. The number of hydrogen-bond donors (Lipinski definition) is 1. The highest BCUT2D eigenvalue weighted by Gasteiger charge is 2.31. The molecule has 2 aliphatic rings. The number of sulfone groups is 1. The Bertz CT molecular complexity index is 1210. The summed E-state index contributed by atoms with van der Waals surface area (Å²) in [6, 6.07) is 7.52. The molecule has 1 N–H and O–H groups in total. The predicted octanol–water partition coefficient (Wildman–Crippen LogP) is 4.31. The summed E-state index contributed by atoms with van der Waals surface area (Å²) < 4.78 is 34.9. The molecular weight excluding hydrogens is 514 g/mol. The summed E-state index contributed by atoms with van der Waals surface area (Å²) in [6.07, 6.45) is 6.78. The van der Waals surface area contributed by atoms with Crippen LogP contribution in [-0.2, 0) is 26.9 Å². The second-order valence-corrected chi connectivity index (χ2v) is 13.9. The van der Waals surface area contributed by atoms with E-state index in [4.69, 9.17) is 4.74 Å². The minimum Gasteiger partial charge on any atom is -0.379 e. The normalized spacial score (nSPS) is 17.7. The Morgan fingerprint density at radius 2 is 1.87 bits per heavy atom.